The van der Waals surface area contributed by atoms with E-state index >= 15 is 0 Å². The number of hydrogen-bond acceptors (Lipinski definition) is 4. The van der Waals surface area contributed by atoms with E-state index in [0.29, 0.717) is 4.15 Å². The minimum atomic E-state index is -3.91. The Morgan fingerprint density at radius 3 is 2.35 bits per heavy atom. The van der Waals surface area contributed by atoms with E-state index in [1.807, 2.05) is 6.92 Å². The predicted molar refractivity (Wildman–Crippen MR) is 74.2 cm³/mol. The molecule has 0 atom stereocenters. The van der Waals surface area contributed by atoms with Crippen molar-refractivity contribution in [2.24, 2.45) is 0 Å². The van der Waals surface area contributed by atoms with Gasteiger partial charge in [-0.1, -0.05) is 34.0 Å². The summed E-state index contributed by atoms with van der Waals surface area (Å²) >= 11 is 0. The van der Waals surface area contributed by atoms with Crippen molar-refractivity contribution < 1.29 is 12.9 Å². The van der Waals surface area contributed by atoms with Gasteiger partial charge in [0.05, 0.1) is 10.3 Å². The van der Waals surface area contributed by atoms with Crippen LogP contribution < -0.4 is 5.63 Å². The minimum absolute atomic E-state index is 0.0765. The second kappa shape index (κ2) is 4.35. The number of para-hydroxylation sites is 1. The van der Waals surface area contributed by atoms with Gasteiger partial charge in [-0.2, -0.15) is 8.42 Å². The monoisotopic (exact) mass is 289 g/mol. The van der Waals surface area contributed by atoms with Crippen molar-refractivity contribution in [1.82, 2.24) is 4.15 Å². The first kappa shape index (κ1) is 12.7. The van der Waals surface area contributed by atoms with Crippen molar-refractivity contribution in [1.29, 1.82) is 0 Å². The van der Waals surface area contributed by atoms with Crippen molar-refractivity contribution in [3.8, 4) is 0 Å². The zero-order chi connectivity index (χ0) is 14.3. The number of hydrogen-bond donors (Lipinski definition) is 0. The highest BCUT2D eigenvalue weighted by Gasteiger charge is 2.22. The average Bonchev–Trinajstić information content (AvgIpc) is 2.78. The van der Waals surface area contributed by atoms with Crippen LogP contribution in [-0.4, -0.2) is 12.6 Å². The molecule has 0 aliphatic heterocycles. The molecule has 102 valence electrons. The zero-order valence-corrected chi connectivity index (χ0v) is 11.4. The Labute approximate surface area is 115 Å². The summed E-state index contributed by atoms with van der Waals surface area (Å²) in [6.45, 7) is 1.86. The van der Waals surface area contributed by atoms with Gasteiger partial charge in [-0.15, -0.1) is 0 Å². The van der Waals surface area contributed by atoms with E-state index in [2.05, 4.69) is 0 Å². The van der Waals surface area contributed by atoms with Crippen LogP contribution in [0.15, 0.2) is 62.7 Å². The Bertz CT molecular complexity index is 933. The van der Waals surface area contributed by atoms with Crippen LogP contribution in [0.2, 0.25) is 0 Å². The van der Waals surface area contributed by atoms with E-state index in [9.17, 15) is 13.2 Å². The van der Waals surface area contributed by atoms with Crippen LogP contribution in [0.25, 0.3) is 10.9 Å². The van der Waals surface area contributed by atoms with Gasteiger partial charge in [-0.3, -0.25) is 0 Å². The van der Waals surface area contributed by atoms with Crippen molar-refractivity contribution in [3.05, 3.63) is 64.5 Å². The van der Waals surface area contributed by atoms with Crippen LogP contribution >= 0.6 is 0 Å². The normalized spacial score (nSPS) is 11.8. The van der Waals surface area contributed by atoms with E-state index in [1.165, 1.54) is 24.3 Å². The second-order valence-corrected chi connectivity index (χ2v) is 6.19. The molecular formula is C14H11NO4S. The Morgan fingerprint density at radius 1 is 1.00 bits per heavy atom. The number of fused-ring (bicyclic) bond motifs is 1. The van der Waals surface area contributed by atoms with Crippen molar-refractivity contribution in [2.75, 3.05) is 0 Å². The lowest BCUT2D eigenvalue weighted by atomic mass is 10.2. The molecule has 3 rings (SSSR count). The molecular weight excluding hydrogens is 278 g/mol. The van der Waals surface area contributed by atoms with Gasteiger partial charge in [-0.25, -0.2) is 4.79 Å². The second-order valence-electron chi connectivity index (χ2n) is 4.44. The molecule has 0 spiro atoms. The third-order valence-electron chi connectivity index (χ3n) is 3.02. The van der Waals surface area contributed by atoms with Gasteiger partial charge in [-0.05, 0) is 31.2 Å². The quantitative estimate of drug-likeness (QED) is 0.724. The molecule has 6 heteroatoms. The molecule has 0 fully saturated rings. The topological polar surface area (TPSA) is 69.3 Å². The lowest BCUT2D eigenvalue weighted by molar-refractivity contribution is 0.351. The molecule has 0 saturated heterocycles. The number of aryl methyl sites for hydroxylation is 1. The first-order chi connectivity index (χ1) is 9.50. The smallest absolute Gasteiger partial charge is 0.320 e. The zero-order valence-electron chi connectivity index (χ0n) is 10.6. The van der Waals surface area contributed by atoms with Gasteiger partial charge in [0, 0.05) is 0 Å². The van der Waals surface area contributed by atoms with Crippen molar-refractivity contribution in [2.45, 2.75) is 11.8 Å². The molecule has 3 aromatic rings. The SMILES string of the molecule is Cc1ccc(S(=O)(=O)n2oc(=O)c3ccccc32)cc1. The maximum Gasteiger partial charge on any atom is 0.366 e. The van der Waals surface area contributed by atoms with Gasteiger partial charge in [0.25, 0.3) is 10.0 Å². The standard InChI is InChI=1S/C14H11NO4S/c1-10-6-8-11(9-7-10)20(17,18)15-13-5-3-2-4-12(13)14(16)19-15/h2-9H,1H3. The average molecular weight is 289 g/mol. The van der Waals surface area contributed by atoms with E-state index in [4.69, 9.17) is 4.52 Å². The summed E-state index contributed by atoms with van der Waals surface area (Å²) in [7, 11) is -3.91. The Kier molecular flexibility index (Phi) is 2.76. The van der Waals surface area contributed by atoms with E-state index in [1.54, 1.807) is 24.3 Å². The summed E-state index contributed by atoms with van der Waals surface area (Å²) in [6, 6.07) is 12.7. The molecule has 0 amide bonds. The van der Waals surface area contributed by atoms with Crippen LogP contribution in [0.3, 0.4) is 0 Å². The van der Waals surface area contributed by atoms with Crippen LogP contribution in [0.1, 0.15) is 5.56 Å². The van der Waals surface area contributed by atoms with Gasteiger partial charge >= 0.3 is 5.63 Å². The molecule has 0 aliphatic carbocycles. The molecule has 0 N–H and O–H groups in total. The van der Waals surface area contributed by atoms with Crippen LogP contribution in [0, 0.1) is 6.92 Å². The van der Waals surface area contributed by atoms with Crippen molar-refractivity contribution >= 4 is 20.9 Å². The summed E-state index contributed by atoms with van der Waals surface area (Å²) < 4.78 is 30.6. The molecule has 1 heterocycles. The highest BCUT2D eigenvalue weighted by molar-refractivity contribution is 7.90. The molecule has 0 bridgehead atoms. The third kappa shape index (κ3) is 1.85. The predicted octanol–water partition coefficient (Wildman–Crippen LogP) is 2.14. The van der Waals surface area contributed by atoms with Gasteiger partial charge in [0.15, 0.2) is 0 Å². The molecule has 0 saturated carbocycles. The van der Waals surface area contributed by atoms with Crippen LogP contribution in [0.4, 0.5) is 0 Å². The molecule has 5 nitrogen and oxygen atoms in total. The lowest BCUT2D eigenvalue weighted by Gasteiger charge is -2.05. The van der Waals surface area contributed by atoms with E-state index in [0.717, 1.165) is 5.56 Å². The highest BCUT2D eigenvalue weighted by Crippen LogP contribution is 2.19. The third-order valence-corrected chi connectivity index (χ3v) is 4.60. The molecule has 0 unspecified atom stereocenters. The maximum atomic E-state index is 12.5. The Balaban J connectivity index is 2.29. The van der Waals surface area contributed by atoms with Crippen LogP contribution in [0.5, 0.6) is 0 Å². The number of aromatic nitrogens is 1. The lowest BCUT2D eigenvalue weighted by Crippen LogP contribution is -2.12. The molecule has 1 aromatic heterocycles. The molecule has 20 heavy (non-hydrogen) atoms. The van der Waals surface area contributed by atoms with Crippen LogP contribution in [-0.2, 0) is 10.0 Å². The van der Waals surface area contributed by atoms with E-state index < -0.39 is 15.6 Å². The number of benzene rings is 2. The largest absolute Gasteiger partial charge is 0.366 e. The van der Waals surface area contributed by atoms with Gasteiger partial charge in [0.1, 0.15) is 5.52 Å². The fraction of sp³-hybridized carbons (Fsp3) is 0.0714. The summed E-state index contributed by atoms with van der Waals surface area (Å²) in [5.41, 5.74) is 0.511. The summed E-state index contributed by atoms with van der Waals surface area (Å²) in [5.74, 6) is 0. The fourth-order valence-corrected chi connectivity index (χ4v) is 3.22. The maximum absolute atomic E-state index is 12.5. The Morgan fingerprint density at radius 2 is 1.65 bits per heavy atom. The summed E-state index contributed by atoms with van der Waals surface area (Å²) in [4.78, 5) is 11.8. The van der Waals surface area contributed by atoms with E-state index in [-0.39, 0.29) is 15.8 Å². The molecule has 0 radical (unpaired) electrons. The number of nitrogens with zero attached hydrogens (tertiary/aromatic N) is 1. The molecule has 2 aromatic carbocycles. The Hall–Kier alpha value is -2.34. The van der Waals surface area contributed by atoms with Crippen molar-refractivity contribution in [3.63, 3.8) is 0 Å². The first-order valence-corrected chi connectivity index (χ1v) is 7.37. The van der Waals surface area contributed by atoms with Gasteiger partial charge < -0.3 is 4.52 Å². The summed E-state index contributed by atoms with van der Waals surface area (Å²) in [5, 5.41) is 0.239. The number of rotatable bonds is 2. The molecule has 0 aliphatic rings. The summed E-state index contributed by atoms with van der Waals surface area (Å²) in [6.07, 6.45) is 0. The first-order valence-electron chi connectivity index (χ1n) is 5.93. The van der Waals surface area contributed by atoms with Gasteiger partial charge in [0.2, 0.25) is 0 Å². The minimum Gasteiger partial charge on any atom is -0.320 e. The fourth-order valence-electron chi connectivity index (χ4n) is 1.96. The highest BCUT2D eigenvalue weighted by atomic mass is 32.2.